The molecule has 0 aromatic rings. The smallest absolute Gasteiger partial charge is 0.548 e. The summed E-state index contributed by atoms with van der Waals surface area (Å²) in [6, 6.07) is -1.14. The number of carboxylic acids is 1. The van der Waals surface area contributed by atoms with Crippen molar-refractivity contribution in [3.8, 4) is 0 Å². The SMILES string of the molecule is N[C@@H](CCCP(=O)(O)O)C(=O)[O-].[Na+]. The number of hydrogen-bond donors (Lipinski definition) is 3. The van der Waals surface area contributed by atoms with Crippen molar-refractivity contribution in [2.45, 2.75) is 18.9 Å². The van der Waals surface area contributed by atoms with Crippen LogP contribution in [0.15, 0.2) is 0 Å². The molecule has 0 rings (SSSR count). The largest absolute Gasteiger partial charge is 1.00 e. The summed E-state index contributed by atoms with van der Waals surface area (Å²) in [5.74, 6) is -1.40. The van der Waals surface area contributed by atoms with Crippen LogP contribution in [0, 0.1) is 0 Å². The predicted molar refractivity (Wildman–Crippen MR) is 39.1 cm³/mol. The summed E-state index contributed by atoms with van der Waals surface area (Å²) in [7, 11) is -4.02. The van der Waals surface area contributed by atoms with Gasteiger partial charge in [0.25, 0.3) is 0 Å². The van der Waals surface area contributed by atoms with Crippen molar-refractivity contribution < 1.29 is 53.8 Å². The van der Waals surface area contributed by atoms with Gasteiger partial charge in [0.1, 0.15) is 0 Å². The van der Waals surface area contributed by atoms with E-state index in [4.69, 9.17) is 15.5 Å². The van der Waals surface area contributed by atoms with E-state index in [-0.39, 0.29) is 48.6 Å². The van der Waals surface area contributed by atoms with E-state index in [0.717, 1.165) is 0 Å². The molecule has 0 aliphatic rings. The topological polar surface area (TPSA) is 124 Å². The van der Waals surface area contributed by atoms with Gasteiger partial charge < -0.3 is 25.4 Å². The first kappa shape index (κ1) is 16.0. The summed E-state index contributed by atoms with van der Waals surface area (Å²) in [4.78, 5) is 26.8. The summed E-state index contributed by atoms with van der Waals surface area (Å²) in [6.07, 6.45) is -0.235. The number of aliphatic carboxylic acids is 1. The van der Waals surface area contributed by atoms with Gasteiger partial charge in [-0.1, -0.05) is 0 Å². The van der Waals surface area contributed by atoms with Gasteiger partial charge in [-0.2, -0.15) is 0 Å². The molecule has 0 saturated heterocycles. The van der Waals surface area contributed by atoms with Gasteiger partial charge in [0.2, 0.25) is 0 Å². The monoisotopic (exact) mass is 219 g/mol. The predicted octanol–water partition coefficient (Wildman–Crippen LogP) is -4.97. The molecule has 4 N–H and O–H groups in total. The first-order valence-corrected chi connectivity index (χ1v) is 5.13. The Morgan fingerprint density at radius 2 is 2.00 bits per heavy atom. The van der Waals surface area contributed by atoms with Crippen LogP contribution in [0.25, 0.3) is 0 Å². The zero-order chi connectivity index (χ0) is 9.78. The third kappa shape index (κ3) is 10.5. The second-order valence-corrected chi connectivity index (χ2v) is 4.23. The Labute approximate surface area is 98.0 Å². The fraction of sp³-hybridized carbons (Fsp3) is 0.800. The van der Waals surface area contributed by atoms with Gasteiger partial charge in [0, 0.05) is 12.2 Å². The molecule has 0 saturated carbocycles. The zero-order valence-electron chi connectivity index (χ0n) is 7.34. The van der Waals surface area contributed by atoms with E-state index in [1.165, 1.54) is 0 Å². The van der Waals surface area contributed by atoms with Crippen molar-refractivity contribution >= 4 is 13.6 Å². The minimum Gasteiger partial charge on any atom is -0.548 e. The maximum atomic E-state index is 10.3. The molecule has 0 aromatic carbocycles. The van der Waals surface area contributed by atoms with Gasteiger partial charge in [-0.3, -0.25) is 4.57 Å². The number of hydrogen-bond acceptors (Lipinski definition) is 4. The summed E-state index contributed by atoms with van der Waals surface area (Å²) in [6.45, 7) is 0. The summed E-state index contributed by atoms with van der Waals surface area (Å²) in [5, 5.41) is 10.0. The van der Waals surface area contributed by atoms with Crippen LogP contribution < -0.4 is 40.4 Å². The minimum atomic E-state index is -4.02. The maximum absolute atomic E-state index is 10.3. The minimum absolute atomic E-state index is 0. The molecule has 0 spiro atoms. The van der Waals surface area contributed by atoms with Crippen LogP contribution in [0.2, 0.25) is 0 Å². The van der Waals surface area contributed by atoms with Gasteiger partial charge in [0.15, 0.2) is 0 Å². The van der Waals surface area contributed by atoms with E-state index in [1.807, 2.05) is 0 Å². The molecule has 13 heavy (non-hydrogen) atoms. The maximum Gasteiger partial charge on any atom is 1.00 e. The molecule has 0 heterocycles. The third-order valence-corrected chi connectivity index (χ3v) is 2.17. The summed E-state index contributed by atoms with van der Waals surface area (Å²) in [5.41, 5.74) is 5.03. The first-order chi connectivity index (χ1) is 5.33. The molecular formula is C5H11NNaO5P. The molecule has 72 valence electrons. The molecule has 1 atom stereocenters. The normalized spacial score (nSPS) is 13.2. The van der Waals surface area contributed by atoms with Gasteiger partial charge >= 0.3 is 37.2 Å². The van der Waals surface area contributed by atoms with Crippen LogP contribution in [-0.2, 0) is 9.36 Å². The average molecular weight is 219 g/mol. The van der Waals surface area contributed by atoms with E-state index >= 15 is 0 Å². The second kappa shape index (κ2) is 6.95. The van der Waals surface area contributed by atoms with Crippen LogP contribution in [0.5, 0.6) is 0 Å². The number of carbonyl (C=O) groups is 1. The molecule has 0 aliphatic carbocycles. The molecule has 0 radical (unpaired) electrons. The van der Waals surface area contributed by atoms with Crippen molar-refractivity contribution in [2.75, 3.05) is 6.16 Å². The van der Waals surface area contributed by atoms with Crippen LogP contribution in [-0.4, -0.2) is 28.0 Å². The van der Waals surface area contributed by atoms with E-state index in [0.29, 0.717) is 0 Å². The van der Waals surface area contributed by atoms with Gasteiger partial charge in [-0.15, -0.1) is 0 Å². The fourth-order valence-electron chi connectivity index (χ4n) is 0.635. The van der Waals surface area contributed by atoms with E-state index in [2.05, 4.69) is 0 Å². The number of rotatable bonds is 5. The van der Waals surface area contributed by atoms with Crippen molar-refractivity contribution in [1.82, 2.24) is 0 Å². The van der Waals surface area contributed by atoms with E-state index in [1.54, 1.807) is 0 Å². The summed E-state index contributed by atoms with van der Waals surface area (Å²) >= 11 is 0. The Kier molecular flexibility index (Phi) is 8.57. The zero-order valence-corrected chi connectivity index (χ0v) is 10.2. The van der Waals surface area contributed by atoms with E-state index in [9.17, 15) is 14.5 Å². The molecule has 0 unspecified atom stereocenters. The first-order valence-electron chi connectivity index (χ1n) is 3.34. The van der Waals surface area contributed by atoms with Crippen molar-refractivity contribution in [2.24, 2.45) is 5.73 Å². The molecule has 0 aliphatic heterocycles. The van der Waals surface area contributed by atoms with Crippen LogP contribution >= 0.6 is 7.60 Å². The average Bonchev–Trinajstić information content (AvgIpc) is 1.84. The third-order valence-electron chi connectivity index (χ3n) is 1.27. The molecule has 6 nitrogen and oxygen atoms in total. The Morgan fingerprint density at radius 3 is 2.31 bits per heavy atom. The second-order valence-electron chi connectivity index (χ2n) is 2.46. The Bertz CT molecular complexity index is 205. The number of carbonyl (C=O) groups excluding carboxylic acids is 1. The van der Waals surface area contributed by atoms with Crippen molar-refractivity contribution in [1.29, 1.82) is 0 Å². The van der Waals surface area contributed by atoms with Gasteiger partial charge in [-0.25, -0.2) is 0 Å². The van der Waals surface area contributed by atoms with Crippen LogP contribution in [0.1, 0.15) is 12.8 Å². The van der Waals surface area contributed by atoms with Gasteiger partial charge in [-0.05, 0) is 12.8 Å². The Balaban J connectivity index is 0. The van der Waals surface area contributed by atoms with Crippen molar-refractivity contribution in [3.63, 3.8) is 0 Å². The molecule has 8 heteroatoms. The summed E-state index contributed by atoms with van der Waals surface area (Å²) < 4.78 is 10.3. The molecule has 0 fully saturated rings. The quantitative estimate of drug-likeness (QED) is 0.314. The Morgan fingerprint density at radius 1 is 1.54 bits per heavy atom. The number of nitrogens with two attached hydrogens (primary N) is 1. The fourth-order valence-corrected chi connectivity index (χ4v) is 1.23. The molecule has 0 amide bonds. The number of carboxylic acid groups (broad SMARTS) is 1. The standard InChI is InChI=1S/C5H12NO5P.Na/c6-4(5(7)8)2-1-3-12(9,10)11;/h4H,1-3,6H2,(H,7,8)(H2,9,10,11);/q;+1/p-1/t4-;/m0./s1. The van der Waals surface area contributed by atoms with Crippen LogP contribution in [0.3, 0.4) is 0 Å². The molecule has 0 aromatic heterocycles. The van der Waals surface area contributed by atoms with E-state index < -0.39 is 19.6 Å². The Hall–Kier alpha value is 0.580. The van der Waals surface area contributed by atoms with Crippen molar-refractivity contribution in [3.05, 3.63) is 0 Å². The van der Waals surface area contributed by atoms with Gasteiger partial charge in [0.05, 0.1) is 5.97 Å². The molecular weight excluding hydrogens is 208 g/mol. The molecule has 0 bridgehead atoms. The van der Waals surface area contributed by atoms with Crippen LogP contribution in [0.4, 0.5) is 0 Å².